The Hall–Kier alpha value is -0.610. The molecule has 1 rings (SSSR count). The lowest BCUT2D eigenvalue weighted by Gasteiger charge is -2.41. The molecule has 3 unspecified atom stereocenters. The Labute approximate surface area is 130 Å². The third kappa shape index (κ3) is 5.95. The maximum Gasteiger partial charge on any atom is 0.323 e. The van der Waals surface area contributed by atoms with Crippen LogP contribution in [0.5, 0.6) is 0 Å². The van der Waals surface area contributed by atoms with Gasteiger partial charge >= 0.3 is 5.97 Å². The van der Waals surface area contributed by atoms with Crippen molar-refractivity contribution in [2.75, 3.05) is 33.8 Å². The smallest absolute Gasteiger partial charge is 0.323 e. The normalized spacial score (nSPS) is 23.0. The molecule has 124 valence electrons. The van der Waals surface area contributed by atoms with Crippen molar-refractivity contribution in [1.29, 1.82) is 0 Å². The number of hydrogen-bond donors (Lipinski definition) is 0. The van der Waals surface area contributed by atoms with Gasteiger partial charge in [-0.05, 0) is 59.2 Å². The van der Waals surface area contributed by atoms with Crippen molar-refractivity contribution >= 4 is 5.97 Å². The van der Waals surface area contributed by atoms with Crippen molar-refractivity contribution in [2.45, 2.75) is 65.0 Å². The zero-order valence-corrected chi connectivity index (χ0v) is 14.6. The van der Waals surface area contributed by atoms with Gasteiger partial charge in [-0.3, -0.25) is 9.69 Å². The fourth-order valence-electron chi connectivity index (χ4n) is 3.62. The van der Waals surface area contributed by atoms with Crippen molar-refractivity contribution < 1.29 is 9.53 Å². The highest BCUT2D eigenvalue weighted by molar-refractivity contribution is 5.75. The lowest BCUT2D eigenvalue weighted by Crippen LogP contribution is -2.50. The first-order valence-corrected chi connectivity index (χ1v) is 8.56. The minimum atomic E-state index is -0.0539. The van der Waals surface area contributed by atoms with Crippen molar-refractivity contribution in [2.24, 2.45) is 5.92 Å². The Morgan fingerprint density at radius 3 is 2.62 bits per heavy atom. The quantitative estimate of drug-likeness (QED) is 0.645. The number of esters is 1. The van der Waals surface area contributed by atoms with E-state index < -0.39 is 0 Å². The number of rotatable bonds is 8. The molecule has 0 aromatic heterocycles. The van der Waals surface area contributed by atoms with Crippen LogP contribution in [0.25, 0.3) is 0 Å². The molecule has 1 heterocycles. The molecular formula is C17H34N2O2. The van der Waals surface area contributed by atoms with E-state index in [1.54, 1.807) is 0 Å². The molecule has 0 aliphatic carbocycles. The lowest BCUT2D eigenvalue weighted by atomic mass is 9.91. The second kappa shape index (κ2) is 9.42. The van der Waals surface area contributed by atoms with Crippen LogP contribution < -0.4 is 0 Å². The minimum Gasteiger partial charge on any atom is -0.465 e. The van der Waals surface area contributed by atoms with E-state index in [2.05, 4.69) is 37.7 Å². The fourth-order valence-corrected chi connectivity index (χ4v) is 3.62. The molecule has 0 aromatic rings. The third-order valence-corrected chi connectivity index (χ3v) is 4.37. The van der Waals surface area contributed by atoms with Crippen LogP contribution in [-0.4, -0.2) is 61.6 Å². The summed E-state index contributed by atoms with van der Waals surface area (Å²) in [6, 6.07) is 0.477. The van der Waals surface area contributed by atoms with Gasteiger partial charge in [0.25, 0.3) is 0 Å². The van der Waals surface area contributed by atoms with E-state index in [9.17, 15) is 4.79 Å². The summed E-state index contributed by atoms with van der Waals surface area (Å²) in [6.07, 6.45) is 5.72. The maximum atomic E-state index is 12.2. The van der Waals surface area contributed by atoms with Crippen molar-refractivity contribution in [3.63, 3.8) is 0 Å². The number of piperidine rings is 1. The molecule has 4 nitrogen and oxygen atoms in total. The number of nitrogens with zero attached hydrogens (tertiary/aromatic N) is 2. The van der Waals surface area contributed by atoms with Gasteiger partial charge in [0.15, 0.2) is 0 Å². The molecule has 0 spiro atoms. The molecule has 0 aromatic carbocycles. The van der Waals surface area contributed by atoms with Crippen LogP contribution in [0, 0.1) is 5.92 Å². The standard InChI is InChI=1S/C17H34N2O2/c1-6-16(17(20)21-7-2)19-11-9-8-10-15(19)12-14(3)13-18(4)5/h14-16H,6-13H2,1-5H3. The molecule has 1 fully saturated rings. The van der Waals surface area contributed by atoms with E-state index in [4.69, 9.17) is 4.74 Å². The van der Waals surface area contributed by atoms with Gasteiger partial charge in [-0.15, -0.1) is 0 Å². The number of carbonyl (C=O) groups excluding carboxylic acids is 1. The van der Waals surface area contributed by atoms with Gasteiger partial charge in [0.2, 0.25) is 0 Å². The van der Waals surface area contributed by atoms with Gasteiger partial charge in [0.05, 0.1) is 6.61 Å². The summed E-state index contributed by atoms with van der Waals surface area (Å²) in [5.41, 5.74) is 0. The van der Waals surface area contributed by atoms with E-state index >= 15 is 0 Å². The van der Waals surface area contributed by atoms with E-state index in [1.165, 1.54) is 25.7 Å². The Bertz CT molecular complexity index is 307. The highest BCUT2D eigenvalue weighted by Crippen LogP contribution is 2.26. The van der Waals surface area contributed by atoms with Crippen molar-refractivity contribution in [1.82, 2.24) is 9.80 Å². The maximum absolute atomic E-state index is 12.2. The van der Waals surface area contributed by atoms with Crippen LogP contribution in [0.1, 0.15) is 52.9 Å². The van der Waals surface area contributed by atoms with Crippen molar-refractivity contribution in [3.05, 3.63) is 0 Å². The summed E-state index contributed by atoms with van der Waals surface area (Å²) < 4.78 is 5.28. The molecule has 1 aliphatic heterocycles. The number of carbonyl (C=O) groups is 1. The molecule has 1 aliphatic rings. The Morgan fingerprint density at radius 2 is 2.05 bits per heavy atom. The molecule has 0 saturated carbocycles. The van der Waals surface area contributed by atoms with Gasteiger partial charge < -0.3 is 9.64 Å². The molecule has 4 heteroatoms. The largest absolute Gasteiger partial charge is 0.465 e. The highest BCUT2D eigenvalue weighted by Gasteiger charge is 2.33. The van der Waals surface area contributed by atoms with Gasteiger partial charge in [0, 0.05) is 12.6 Å². The molecule has 3 atom stereocenters. The number of ether oxygens (including phenoxy) is 1. The second-order valence-electron chi connectivity index (χ2n) is 6.67. The topological polar surface area (TPSA) is 32.8 Å². The van der Waals surface area contributed by atoms with Crippen LogP contribution in [-0.2, 0) is 9.53 Å². The molecule has 1 saturated heterocycles. The average molecular weight is 298 g/mol. The van der Waals surface area contributed by atoms with E-state index in [0.717, 1.165) is 19.5 Å². The van der Waals surface area contributed by atoms with E-state index in [0.29, 0.717) is 18.6 Å². The van der Waals surface area contributed by atoms with Gasteiger partial charge in [-0.25, -0.2) is 0 Å². The summed E-state index contributed by atoms with van der Waals surface area (Å²) in [4.78, 5) is 16.9. The summed E-state index contributed by atoms with van der Waals surface area (Å²) in [5.74, 6) is 0.623. The van der Waals surface area contributed by atoms with Gasteiger partial charge in [-0.1, -0.05) is 20.3 Å². The molecule has 0 amide bonds. The first-order valence-electron chi connectivity index (χ1n) is 8.56. The Balaban J connectivity index is 2.68. The van der Waals surface area contributed by atoms with Crippen LogP contribution in [0.4, 0.5) is 0 Å². The minimum absolute atomic E-state index is 0.0350. The van der Waals surface area contributed by atoms with E-state index in [-0.39, 0.29) is 12.0 Å². The highest BCUT2D eigenvalue weighted by atomic mass is 16.5. The lowest BCUT2D eigenvalue weighted by molar-refractivity contribution is -0.151. The third-order valence-electron chi connectivity index (χ3n) is 4.37. The van der Waals surface area contributed by atoms with Crippen LogP contribution in [0.3, 0.4) is 0 Å². The molecule has 0 bridgehead atoms. The summed E-state index contributed by atoms with van der Waals surface area (Å²) in [5, 5.41) is 0. The predicted molar refractivity (Wildman–Crippen MR) is 87.4 cm³/mol. The van der Waals surface area contributed by atoms with Crippen molar-refractivity contribution in [3.8, 4) is 0 Å². The monoisotopic (exact) mass is 298 g/mol. The Morgan fingerprint density at radius 1 is 1.33 bits per heavy atom. The van der Waals surface area contributed by atoms with Crippen LogP contribution in [0.15, 0.2) is 0 Å². The first kappa shape index (κ1) is 18.4. The Kier molecular flexibility index (Phi) is 8.27. The molecule has 0 N–H and O–H groups in total. The first-order chi connectivity index (χ1) is 9.99. The number of hydrogen-bond acceptors (Lipinski definition) is 4. The second-order valence-corrected chi connectivity index (χ2v) is 6.67. The SMILES string of the molecule is CCOC(=O)C(CC)N1CCCCC1CC(C)CN(C)C. The van der Waals surface area contributed by atoms with Crippen LogP contribution in [0.2, 0.25) is 0 Å². The molecule has 21 heavy (non-hydrogen) atoms. The van der Waals surface area contributed by atoms with Crippen LogP contribution >= 0.6 is 0 Å². The average Bonchev–Trinajstić information content (AvgIpc) is 2.40. The summed E-state index contributed by atoms with van der Waals surface area (Å²) in [6.45, 7) is 8.92. The molecular weight excluding hydrogens is 264 g/mol. The zero-order valence-electron chi connectivity index (χ0n) is 14.6. The number of likely N-dealkylation sites (tertiary alicyclic amines) is 1. The van der Waals surface area contributed by atoms with Gasteiger partial charge in [0.1, 0.15) is 6.04 Å². The van der Waals surface area contributed by atoms with Gasteiger partial charge in [-0.2, -0.15) is 0 Å². The summed E-state index contributed by atoms with van der Waals surface area (Å²) in [7, 11) is 4.26. The predicted octanol–water partition coefficient (Wildman–Crippen LogP) is 2.77. The zero-order chi connectivity index (χ0) is 15.8. The summed E-state index contributed by atoms with van der Waals surface area (Å²) >= 11 is 0. The fraction of sp³-hybridized carbons (Fsp3) is 0.941. The van der Waals surface area contributed by atoms with E-state index in [1.807, 2.05) is 6.92 Å². The molecule has 0 radical (unpaired) electrons.